The lowest BCUT2D eigenvalue weighted by molar-refractivity contribution is -0.139. The molecule has 0 aliphatic heterocycles. The van der Waals surface area contributed by atoms with Crippen molar-refractivity contribution in [3.05, 3.63) is 35.3 Å². The molecule has 6 nitrogen and oxygen atoms in total. The number of urea groups is 1. The summed E-state index contributed by atoms with van der Waals surface area (Å²) in [5, 5.41) is 13.8. The molecule has 1 atom stereocenters. The third-order valence-corrected chi connectivity index (χ3v) is 3.12. The number of hydrogen-bond donors (Lipinski definition) is 3. The fourth-order valence-electron chi connectivity index (χ4n) is 1.43. The number of carboxylic acid groups (broad SMARTS) is 1. The third kappa shape index (κ3) is 4.58. The van der Waals surface area contributed by atoms with Crippen molar-refractivity contribution in [1.82, 2.24) is 5.32 Å². The van der Waals surface area contributed by atoms with Crippen molar-refractivity contribution < 1.29 is 19.4 Å². The Kier molecular flexibility index (Phi) is 6.05. The molecule has 1 unspecified atom stereocenters. The second-order valence-electron chi connectivity index (χ2n) is 3.86. The predicted molar refractivity (Wildman–Crippen MR) is 79.1 cm³/mol. The second-order valence-corrected chi connectivity index (χ2v) is 4.71. The number of halogens is 1. The van der Waals surface area contributed by atoms with Crippen molar-refractivity contribution in [2.75, 3.05) is 12.4 Å². The molecule has 0 saturated heterocycles. The van der Waals surface area contributed by atoms with Gasteiger partial charge >= 0.3 is 12.0 Å². The maximum atomic E-state index is 11.8. The van der Waals surface area contributed by atoms with Gasteiger partial charge in [-0.1, -0.05) is 6.08 Å². The monoisotopic (exact) mass is 342 g/mol. The Morgan fingerprint density at radius 3 is 2.80 bits per heavy atom. The normalized spacial score (nSPS) is 11.3. The lowest BCUT2D eigenvalue weighted by atomic mass is 10.2. The molecule has 20 heavy (non-hydrogen) atoms. The average Bonchev–Trinajstić information content (AvgIpc) is 2.40. The first kappa shape index (κ1) is 16.0. The Bertz CT molecular complexity index is 519. The van der Waals surface area contributed by atoms with Gasteiger partial charge < -0.3 is 20.5 Å². The molecular weight excluding hydrogens is 328 g/mol. The van der Waals surface area contributed by atoms with Crippen LogP contribution in [0.3, 0.4) is 0 Å². The van der Waals surface area contributed by atoms with Crippen LogP contribution in [-0.4, -0.2) is 30.3 Å². The largest absolute Gasteiger partial charge is 0.497 e. The Morgan fingerprint density at radius 2 is 2.25 bits per heavy atom. The van der Waals surface area contributed by atoms with E-state index < -0.39 is 18.0 Å². The van der Waals surface area contributed by atoms with Crippen molar-refractivity contribution in [2.24, 2.45) is 0 Å². The van der Waals surface area contributed by atoms with Crippen LogP contribution in [0.4, 0.5) is 10.5 Å². The van der Waals surface area contributed by atoms with Crippen molar-refractivity contribution in [1.29, 1.82) is 0 Å². The summed E-state index contributed by atoms with van der Waals surface area (Å²) in [4.78, 5) is 22.7. The van der Waals surface area contributed by atoms with Gasteiger partial charge in [0, 0.05) is 10.5 Å². The summed E-state index contributed by atoms with van der Waals surface area (Å²) in [5.74, 6) is -0.547. The molecule has 0 bridgehead atoms. The highest BCUT2D eigenvalue weighted by Crippen LogP contribution is 2.26. The number of methoxy groups -OCH3 is 1. The van der Waals surface area contributed by atoms with Gasteiger partial charge in [0.2, 0.25) is 0 Å². The molecule has 0 aliphatic carbocycles. The molecule has 0 heterocycles. The molecule has 0 radical (unpaired) electrons. The van der Waals surface area contributed by atoms with E-state index in [1.807, 2.05) is 0 Å². The van der Waals surface area contributed by atoms with Gasteiger partial charge in [-0.2, -0.15) is 0 Å². The van der Waals surface area contributed by atoms with Crippen LogP contribution in [0.5, 0.6) is 5.75 Å². The predicted octanol–water partition coefficient (Wildman–Crippen LogP) is 2.61. The van der Waals surface area contributed by atoms with Crippen molar-refractivity contribution >= 4 is 33.6 Å². The smallest absolute Gasteiger partial charge is 0.326 e. The highest BCUT2D eigenvalue weighted by Gasteiger charge is 2.18. The number of carbonyl (C=O) groups excluding carboxylic acids is 1. The summed E-state index contributed by atoms with van der Waals surface area (Å²) in [5.41, 5.74) is 0.476. The molecule has 0 fully saturated rings. The molecular formula is C13H15BrN2O4. The number of hydrogen-bond acceptors (Lipinski definition) is 3. The SMILES string of the molecule is C=CCC(NC(=O)Nc1cc(OC)ccc1Br)C(=O)O. The van der Waals surface area contributed by atoms with E-state index in [9.17, 15) is 9.59 Å². The van der Waals surface area contributed by atoms with Gasteiger partial charge in [0.25, 0.3) is 0 Å². The second kappa shape index (κ2) is 7.54. The van der Waals surface area contributed by atoms with E-state index in [4.69, 9.17) is 9.84 Å². The topological polar surface area (TPSA) is 87.7 Å². The molecule has 0 aliphatic rings. The standard InChI is InChI=1S/C13H15BrN2O4/c1-3-4-10(12(17)18)15-13(19)16-11-7-8(20-2)5-6-9(11)14/h3,5-7,10H,1,4H2,2H3,(H,17,18)(H2,15,16,19). The number of carbonyl (C=O) groups is 2. The zero-order chi connectivity index (χ0) is 15.1. The van der Waals surface area contributed by atoms with Gasteiger partial charge in [-0.15, -0.1) is 6.58 Å². The van der Waals surface area contributed by atoms with E-state index in [0.717, 1.165) is 0 Å². The number of carboxylic acids is 1. The molecule has 0 spiro atoms. The number of ether oxygens (including phenoxy) is 1. The first-order valence-corrected chi connectivity index (χ1v) is 6.52. The Labute approximate surface area is 124 Å². The highest BCUT2D eigenvalue weighted by molar-refractivity contribution is 9.10. The molecule has 0 saturated carbocycles. The van der Waals surface area contributed by atoms with E-state index in [-0.39, 0.29) is 6.42 Å². The highest BCUT2D eigenvalue weighted by atomic mass is 79.9. The summed E-state index contributed by atoms with van der Waals surface area (Å²) in [6.07, 6.45) is 1.57. The number of aliphatic carboxylic acids is 1. The van der Waals surface area contributed by atoms with Crippen LogP contribution in [0.1, 0.15) is 6.42 Å². The fraction of sp³-hybridized carbons (Fsp3) is 0.231. The van der Waals surface area contributed by atoms with Gasteiger partial charge in [-0.05, 0) is 34.5 Å². The van der Waals surface area contributed by atoms with Crippen molar-refractivity contribution in [2.45, 2.75) is 12.5 Å². The minimum absolute atomic E-state index is 0.141. The minimum atomic E-state index is -1.12. The molecule has 0 aromatic heterocycles. The van der Waals surface area contributed by atoms with Gasteiger partial charge in [-0.3, -0.25) is 0 Å². The maximum absolute atomic E-state index is 11.8. The summed E-state index contributed by atoms with van der Waals surface area (Å²) >= 11 is 3.28. The lowest BCUT2D eigenvalue weighted by Gasteiger charge is -2.14. The average molecular weight is 343 g/mol. The number of benzene rings is 1. The van der Waals surface area contributed by atoms with Crippen LogP contribution < -0.4 is 15.4 Å². The zero-order valence-corrected chi connectivity index (χ0v) is 12.4. The number of nitrogens with one attached hydrogen (secondary N) is 2. The molecule has 108 valence electrons. The van der Waals surface area contributed by atoms with E-state index in [1.165, 1.54) is 13.2 Å². The van der Waals surface area contributed by atoms with Crippen molar-refractivity contribution in [3.8, 4) is 5.75 Å². The molecule has 1 aromatic carbocycles. The summed E-state index contributed by atoms with van der Waals surface area (Å²) in [7, 11) is 1.51. The van der Waals surface area contributed by atoms with Gasteiger partial charge in [0.05, 0.1) is 12.8 Å². The summed E-state index contributed by atoms with van der Waals surface area (Å²) < 4.78 is 5.71. The third-order valence-electron chi connectivity index (χ3n) is 2.43. The summed E-state index contributed by atoms with van der Waals surface area (Å²) in [6.45, 7) is 3.45. The summed E-state index contributed by atoms with van der Waals surface area (Å²) in [6, 6.07) is 3.43. The van der Waals surface area contributed by atoms with E-state index >= 15 is 0 Å². The molecule has 1 rings (SSSR count). The zero-order valence-electron chi connectivity index (χ0n) is 10.9. The van der Waals surface area contributed by atoms with Crippen LogP contribution in [0.2, 0.25) is 0 Å². The molecule has 2 amide bonds. The number of rotatable bonds is 6. The van der Waals surface area contributed by atoms with Crippen LogP contribution in [0.25, 0.3) is 0 Å². The first-order valence-electron chi connectivity index (χ1n) is 5.72. The first-order chi connectivity index (χ1) is 9.47. The van der Waals surface area contributed by atoms with Gasteiger partial charge in [0.1, 0.15) is 11.8 Å². The Morgan fingerprint density at radius 1 is 1.55 bits per heavy atom. The number of amides is 2. The number of anilines is 1. The van der Waals surface area contributed by atoms with Crippen LogP contribution in [0, 0.1) is 0 Å². The minimum Gasteiger partial charge on any atom is -0.497 e. The van der Waals surface area contributed by atoms with Crippen LogP contribution in [-0.2, 0) is 4.79 Å². The molecule has 3 N–H and O–H groups in total. The van der Waals surface area contributed by atoms with Crippen molar-refractivity contribution in [3.63, 3.8) is 0 Å². The van der Waals surface area contributed by atoms with E-state index in [0.29, 0.717) is 15.9 Å². The van der Waals surface area contributed by atoms with Gasteiger partial charge in [-0.25, -0.2) is 9.59 Å². The Hall–Kier alpha value is -2.02. The fourth-order valence-corrected chi connectivity index (χ4v) is 1.78. The molecule has 7 heteroatoms. The Balaban J connectivity index is 2.75. The molecule has 1 aromatic rings. The van der Waals surface area contributed by atoms with Crippen LogP contribution >= 0.6 is 15.9 Å². The van der Waals surface area contributed by atoms with E-state index in [2.05, 4.69) is 33.1 Å². The lowest BCUT2D eigenvalue weighted by Crippen LogP contribution is -2.42. The van der Waals surface area contributed by atoms with E-state index in [1.54, 1.807) is 18.2 Å². The quantitative estimate of drug-likeness (QED) is 0.693. The van der Waals surface area contributed by atoms with Gasteiger partial charge in [0.15, 0.2) is 0 Å². The maximum Gasteiger partial charge on any atom is 0.326 e. The van der Waals surface area contributed by atoms with Crippen LogP contribution in [0.15, 0.2) is 35.3 Å².